The lowest BCUT2D eigenvalue weighted by Gasteiger charge is -2.60. The van der Waals surface area contributed by atoms with Gasteiger partial charge in [0.15, 0.2) is 11.9 Å². The van der Waals surface area contributed by atoms with Crippen LogP contribution in [0.3, 0.4) is 0 Å². The van der Waals surface area contributed by atoms with Crippen LogP contribution in [-0.4, -0.2) is 123 Å². The minimum Gasteiger partial charge on any atom is -0.457 e. The number of aldehydes is 1. The number of para-hydroxylation sites is 1. The minimum atomic E-state index is -0.748. The van der Waals surface area contributed by atoms with Crippen LogP contribution in [0.1, 0.15) is 104 Å². The van der Waals surface area contributed by atoms with Gasteiger partial charge in [0.1, 0.15) is 35.4 Å². The molecular weight excluding hydrogens is 845 g/mol. The fourth-order valence-corrected chi connectivity index (χ4v) is 12.5. The van der Waals surface area contributed by atoms with Gasteiger partial charge in [-0.1, -0.05) is 18.2 Å². The van der Waals surface area contributed by atoms with Crippen molar-refractivity contribution in [2.75, 3.05) is 56.9 Å². The Kier molecular flexibility index (Phi) is 11.3. The van der Waals surface area contributed by atoms with Crippen molar-refractivity contribution in [2.45, 2.75) is 101 Å². The number of anilines is 2. The molecule has 1 atom stereocenters. The zero-order chi connectivity index (χ0) is 45.9. The number of nitrogens with one attached hydrogen (secondary N) is 1. The molecule has 4 aliphatic heterocycles. The molecule has 67 heavy (non-hydrogen) atoms. The first-order chi connectivity index (χ1) is 32.6. The molecule has 348 valence electrons. The van der Waals surface area contributed by atoms with Crippen molar-refractivity contribution in [3.63, 3.8) is 0 Å². The molecule has 15 nitrogen and oxygen atoms in total. The second kappa shape index (κ2) is 17.5. The topological polar surface area (TPSA) is 172 Å². The van der Waals surface area contributed by atoms with Crippen LogP contribution in [0.15, 0.2) is 79.1 Å². The molecule has 2 aromatic heterocycles. The van der Waals surface area contributed by atoms with Gasteiger partial charge in [0.2, 0.25) is 11.8 Å². The summed E-state index contributed by atoms with van der Waals surface area (Å²) in [5.74, 6) is 0.804. The maximum atomic E-state index is 13.6. The first-order valence-electron chi connectivity index (χ1n) is 24.3. The third-order valence-electron chi connectivity index (χ3n) is 16.6. The lowest BCUT2D eigenvalue weighted by Crippen LogP contribution is -2.60. The largest absolute Gasteiger partial charge is 0.457 e. The molecule has 0 bridgehead atoms. The van der Waals surface area contributed by atoms with Crippen molar-refractivity contribution in [1.29, 1.82) is 0 Å². The predicted molar refractivity (Wildman–Crippen MR) is 255 cm³/mol. The quantitative estimate of drug-likeness (QED) is 0.110. The average Bonchev–Trinajstić information content (AvgIpc) is 3.73. The van der Waals surface area contributed by atoms with Crippen LogP contribution in [0.2, 0.25) is 0 Å². The highest BCUT2D eigenvalue weighted by Gasteiger charge is 2.52. The van der Waals surface area contributed by atoms with Crippen LogP contribution < -0.4 is 20.7 Å². The van der Waals surface area contributed by atoms with Gasteiger partial charge in [-0.25, -0.2) is 14.6 Å². The van der Waals surface area contributed by atoms with E-state index in [1.807, 2.05) is 66.7 Å². The molecule has 3 aromatic carbocycles. The molecule has 0 radical (unpaired) electrons. The van der Waals surface area contributed by atoms with Gasteiger partial charge < -0.3 is 30.1 Å². The maximum absolute atomic E-state index is 13.6. The summed E-state index contributed by atoms with van der Waals surface area (Å²) in [6.07, 6.45) is 14.7. The third kappa shape index (κ3) is 8.23. The zero-order valence-corrected chi connectivity index (χ0v) is 38.3. The van der Waals surface area contributed by atoms with Crippen molar-refractivity contribution in [1.82, 2.24) is 39.8 Å². The fraction of sp³-hybridized carbons (Fsp3) is 0.481. The van der Waals surface area contributed by atoms with Crippen LogP contribution in [-0.2, 0) is 9.59 Å². The Hall–Kier alpha value is -6.19. The predicted octanol–water partition coefficient (Wildman–Crippen LogP) is 6.89. The summed E-state index contributed by atoms with van der Waals surface area (Å²) >= 11 is 0. The van der Waals surface area contributed by atoms with Crippen molar-refractivity contribution in [3.8, 4) is 22.8 Å². The highest BCUT2D eigenvalue weighted by molar-refractivity contribution is 6.06. The van der Waals surface area contributed by atoms with Gasteiger partial charge in [-0.3, -0.25) is 24.5 Å². The van der Waals surface area contributed by atoms with Crippen molar-refractivity contribution in [2.24, 2.45) is 10.8 Å². The summed E-state index contributed by atoms with van der Waals surface area (Å²) in [4.78, 5) is 68.1. The van der Waals surface area contributed by atoms with E-state index in [2.05, 4.69) is 29.7 Å². The lowest BCUT2D eigenvalue weighted by molar-refractivity contribution is -0.136. The van der Waals surface area contributed by atoms with Crippen molar-refractivity contribution >= 4 is 46.5 Å². The summed E-state index contributed by atoms with van der Waals surface area (Å²) in [6.45, 7) is 6.36. The smallest absolute Gasteiger partial charge is 0.255 e. The average molecular weight is 905 g/mol. The molecule has 6 heterocycles. The molecule has 6 aliphatic rings. The number of nitrogen functional groups attached to an aromatic ring is 1. The molecule has 4 saturated heterocycles. The van der Waals surface area contributed by atoms with E-state index in [9.17, 15) is 19.2 Å². The van der Waals surface area contributed by atoms with Crippen molar-refractivity contribution in [3.05, 3.63) is 90.3 Å². The van der Waals surface area contributed by atoms with Gasteiger partial charge in [0.25, 0.3) is 5.91 Å². The molecule has 5 aromatic rings. The summed E-state index contributed by atoms with van der Waals surface area (Å²) in [5, 5.41) is 8.30. The van der Waals surface area contributed by atoms with Crippen LogP contribution in [0, 0.1) is 10.8 Å². The molecule has 11 rings (SSSR count). The number of hydrogen-bond acceptors (Lipinski definition) is 12. The standard InChI is InChI=1S/C52H60N10O5/c1-58(43-13-14-44(64)56-49(43)65)50(66)42-27-37(10-7-35(42)32-63)60-23-17-51(18-24-60)30-39(31-51)61-25-19-52(20-26-61)28-38(29-52)59-21-15-36(16-22-59)62-48-45(47(53)54-33-55-48)46(57-62)34-8-11-41(12-9-34)67-40-5-3-2-4-6-40/h2-12,27,32-33,36,38-39,43H,13-26,28-31H2,1H3,(H2,53,54,55)(H,56,64,65). The molecule has 1 unspecified atom stereocenters. The number of ether oxygens (including phenoxy) is 1. The summed E-state index contributed by atoms with van der Waals surface area (Å²) in [6, 6.07) is 24.1. The number of carbonyl (C=O) groups is 4. The number of likely N-dealkylation sites (N-methyl/N-ethyl adjacent to an activating group) is 1. The van der Waals surface area contributed by atoms with Crippen LogP contribution in [0.4, 0.5) is 11.5 Å². The summed E-state index contributed by atoms with van der Waals surface area (Å²) in [7, 11) is 1.57. The Labute approximate surface area is 391 Å². The van der Waals surface area contributed by atoms with Crippen molar-refractivity contribution < 1.29 is 23.9 Å². The van der Waals surface area contributed by atoms with E-state index < -0.39 is 11.9 Å². The first-order valence-corrected chi connectivity index (χ1v) is 24.3. The Bertz CT molecular complexity index is 2670. The normalized spacial score (nSPS) is 22.6. The molecule has 3 amide bonds. The van der Waals surface area contributed by atoms with E-state index in [1.165, 1.54) is 56.5 Å². The van der Waals surface area contributed by atoms with E-state index in [1.54, 1.807) is 19.4 Å². The Morgan fingerprint density at radius 1 is 0.791 bits per heavy atom. The van der Waals surface area contributed by atoms with Gasteiger partial charge >= 0.3 is 0 Å². The number of aromatic nitrogens is 4. The Morgan fingerprint density at radius 2 is 1.43 bits per heavy atom. The number of carbonyl (C=O) groups excluding carboxylic acids is 4. The Balaban J connectivity index is 0.642. The van der Waals surface area contributed by atoms with Crippen LogP contribution >= 0.6 is 0 Å². The number of fused-ring (bicyclic) bond motifs is 1. The number of likely N-dealkylation sites (tertiary alicyclic amines) is 2. The van der Waals surface area contributed by atoms with E-state index in [0.29, 0.717) is 46.1 Å². The number of nitrogens with zero attached hydrogens (tertiary/aromatic N) is 8. The van der Waals surface area contributed by atoms with Crippen LogP contribution in [0.25, 0.3) is 22.3 Å². The summed E-state index contributed by atoms with van der Waals surface area (Å²) < 4.78 is 8.15. The molecule has 15 heteroatoms. The monoisotopic (exact) mass is 904 g/mol. The van der Waals surface area contributed by atoms with Gasteiger partial charge in [-0.15, -0.1) is 0 Å². The first kappa shape index (κ1) is 43.4. The number of hydrogen-bond donors (Lipinski definition) is 2. The van der Waals surface area contributed by atoms with Gasteiger partial charge in [0, 0.05) is 68.5 Å². The summed E-state index contributed by atoms with van der Waals surface area (Å²) in [5.41, 5.74) is 11.4. The second-order valence-corrected chi connectivity index (χ2v) is 20.4. The molecule has 3 N–H and O–H groups in total. The van der Waals surface area contributed by atoms with E-state index in [-0.39, 0.29) is 30.7 Å². The highest BCUT2D eigenvalue weighted by atomic mass is 16.5. The molecule has 6 fully saturated rings. The second-order valence-electron chi connectivity index (χ2n) is 20.4. The third-order valence-corrected chi connectivity index (χ3v) is 16.6. The zero-order valence-electron chi connectivity index (χ0n) is 38.3. The van der Waals surface area contributed by atoms with Crippen LogP contribution in [0.5, 0.6) is 11.5 Å². The minimum absolute atomic E-state index is 0.179. The lowest BCUT2D eigenvalue weighted by atomic mass is 9.57. The number of nitrogens with two attached hydrogens (primary N) is 1. The number of imide groups is 1. The van der Waals surface area contributed by atoms with E-state index >= 15 is 0 Å². The number of amides is 3. The van der Waals surface area contributed by atoms with E-state index in [0.717, 1.165) is 91.3 Å². The number of rotatable bonds is 10. The van der Waals surface area contributed by atoms with Gasteiger partial charge in [-0.05, 0) is 149 Å². The van der Waals surface area contributed by atoms with Gasteiger partial charge in [0.05, 0.1) is 17.0 Å². The fourth-order valence-electron chi connectivity index (χ4n) is 12.5. The Morgan fingerprint density at radius 3 is 2.09 bits per heavy atom. The highest BCUT2D eigenvalue weighted by Crippen LogP contribution is 2.55. The van der Waals surface area contributed by atoms with E-state index in [4.69, 9.17) is 20.6 Å². The molecular formula is C52H60N10O5. The molecule has 2 aliphatic carbocycles. The molecule has 2 spiro atoms. The molecule has 2 saturated carbocycles. The number of piperidine rings is 4. The maximum Gasteiger partial charge on any atom is 0.255 e. The number of benzene rings is 3. The van der Waals surface area contributed by atoms with Gasteiger partial charge in [-0.2, -0.15) is 5.10 Å². The SMILES string of the molecule is CN(C(=O)c1cc(N2CCC3(CC2)CC(N2CCC4(CC2)CC(N2CCC(n5nc(-c6ccc(Oc7ccccc7)cc6)c6c(N)ncnc65)CC2)C4)C3)ccc1C=O)C1CCC(=O)NC1=O.